The topological polar surface area (TPSA) is 134 Å². The highest BCUT2D eigenvalue weighted by Crippen LogP contribution is 2.38. The number of amides is 4. The van der Waals surface area contributed by atoms with Gasteiger partial charge in [-0.2, -0.15) is 0 Å². The second kappa shape index (κ2) is 15.7. The summed E-state index contributed by atoms with van der Waals surface area (Å²) in [6.07, 6.45) is 7.12. The third kappa shape index (κ3) is 9.97. The van der Waals surface area contributed by atoms with Crippen LogP contribution in [0.15, 0.2) is 47.5 Å². The molecule has 2 atom stereocenters. The van der Waals surface area contributed by atoms with Crippen molar-refractivity contribution in [2.24, 2.45) is 0 Å². The van der Waals surface area contributed by atoms with E-state index >= 15 is 0 Å². The number of alkyl carbamates (subject to hydrolysis) is 1. The molecule has 50 heavy (non-hydrogen) atoms. The lowest BCUT2D eigenvalue weighted by Crippen LogP contribution is -2.64. The molecule has 5 rings (SSSR count). The van der Waals surface area contributed by atoms with Crippen LogP contribution in [0.2, 0.25) is 5.02 Å². The molecule has 1 fully saturated rings. The van der Waals surface area contributed by atoms with E-state index in [0.29, 0.717) is 49.9 Å². The number of hydrogen-bond acceptors (Lipinski definition) is 7. The molecule has 3 heterocycles. The maximum atomic E-state index is 13.9. The molecule has 3 aromatic rings. The first-order chi connectivity index (χ1) is 23.6. The summed E-state index contributed by atoms with van der Waals surface area (Å²) in [5.41, 5.74) is 4.17. The molecular weight excluding hydrogens is 724 g/mol. The number of imidazole rings is 1. The largest absolute Gasteiger partial charge is 0.443 e. The molecule has 4 amide bonds. The van der Waals surface area contributed by atoms with E-state index in [1.165, 1.54) is 0 Å². The maximum absolute atomic E-state index is 13.9. The summed E-state index contributed by atoms with van der Waals surface area (Å²) in [5.74, 6) is -0.211. The first kappa shape index (κ1) is 37.6. The number of urea groups is 1. The number of fused-ring (bicyclic) bond motifs is 2. The van der Waals surface area contributed by atoms with E-state index in [1.807, 2.05) is 70.6 Å². The molecule has 1 aromatic carbocycles. The Balaban J connectivity index is 1.28. The van der Waals surface area contributed by atoms with Gasteiger partial charge in [-0.05, 0) is 112 Å². The summed E-state index contributed by atoms with van der Waals surface area (Å²) in [7, 11) is 0. The SMILES string of the molecule is CC(C)(C)NC(=O)OCc1cn(CCCNC(=O)[C@H]2CN(C3c4ccc(Cl)cc4CCc4cc(Br)cnc43)CCN2C(=O)NC(C)(C)C)cn1. The smallest absolute Gasteiger partial charge is 0.407 e. The number of carbonyl (C=O) groups excluding carboxylic acids is 3. The van der Waals surface area contributed by atoms with Gasteiger partial charge in [0, 0.05) is 65.7 Å². The highest BCUT2D eigenvalue weighted by Gasteiger charge is 2.41. The van der Waals surface area contributed by atoms with Crippen LogP contribution in [-0.4, -0.2) is 85.7 Å². The van der Waals surface area contributed by atoms with Gasteiger partial charge < -0.3 is 30.2 Å². The number of ether oxygens (including phenoxy) is 1. The van der Waals surface area contributed by atoms with Gasteiger partial charge in [0.15, 0.2) is 0 Å². The molecule has 1 saturated heterocycles. The van der Waals surface area contributed by atoms with Crippen LogP contribution in [-0.2, 0) is 35.5 Å². The number of pyridine rings is 1. The second-order valence-electron chi connectivity index (χ2n) is 15.0. The number of nitrogens with zero attached hydrogens (tertiary/aromatic N) is 5. The highest BCUT2D eigenvalue weighted by molar-refractivity contribution is 9.10. The van der Waals surface area contributed by atoms with Gasteiger partial charge in [0.1, 0.15) is 12.6 Å². The fourth-order valence-electron chi connectivity index (χ4n) is 6.36. The molecule has 0 spiro atoms. The molecule has 1 aliphatic heterocycles. The monoisotopic (exact) mass is 770 g/mol. The van der Waals surface area contributed by atoms with E-state index in [4.69, 9.17) is 21.3 Å². The number of rotatable bonds is 8. The van der Waals surface area contributed by atoms with Crippen LogP contribution < -0.4 is 16.0 Å². The molecule has 0 bridgehead atoms. The molecular formula is C36H48BrClN8O4. The summed E-state index contributed by atoms with van der Waals surface area (Å²) >= 11 is 10.0. The Morgan fingerprint density at radius 3 is 2.48 bits per heavy atom. The van der Waals surface area contributed by atoms with Gasteiger partial charge in [-0.15, -0.1) is 0 Å². The van der Waals surface area contributed by atoms with E-state index in [2.05, 4.69) is 53.9 Å². The number of hydrogen-bond donors (Lipinski definition) is 3. The van der Waals surface area contributed by atoms with Gasteiger partial charge in [-0.25, -0.2) is 14.6 Å². The van der Waals surface area contributed by atoms with Crippen molar-refractivity contribution in [1.29, 1.82) is 0 Å². The van der Waals surface area contributed by atoms with Gasteiger partial charge in [0.25, 0.3) is 0 Å². The van der Waals surface area contributed by atoms with Gasteiger partial charge in [0.05, 0.1) is 23.8 Å². The van der Waals surface area contributed by atoms with Gasteiger partial charge in [-0.1, -0.05) is 17.7 Å². The number of halogens is 2. The minimum atomic E-state index is -0.722. The minimum absolute atomic E-state index is 0.0616. The molecule has 0 radical (unpaired) electrons. The van der Waals surface area contributed by atoms with Crippen LogP contribution in [0.25, 0.3) is 0 Å². The average Bonchev–Trinajstić information content (AvgIpc) is 3.42. The Morgan fingerprint density at radius 1 is 1.00 bits per heavy atom. The number of aromatic nitrogens is 3. The Labute approximate surface area is 307 Å². The zero-order valence-electron chi connectivity index (χ0n) is 29.7. The quantitative estimate of drug-likeness (QED) is 0.254. The maximum Gasteiger partial charge on any atom is 0.407 e. The third-order valence-electron chi connectivity index (χ3n) is 8.52. The Morgan fingerprint density at radius 2 is 1.74 bits per heavy atom. The van der Waals surface area contributed by atoms with Crippen molar-refractivity contribution in [3.8, 4) is 0 Å². The summed E-state index contributed by atoms with van der Waals surface area (Å²) in [6, 6.07) is 6.95. The molecule has 270 valence electrons. The predicted molar refractivity (Wildman–Crippen MR) is 196 cm³/mol. The minimum Gasteiger partial charge on any atom is -0.443 e. The van der Waals surface area contributed by atoms with Crippen LogP contribution in [0.1, 0.15) is 82.1 Å². The van der Waals surface area contributed by atoms with Crippen molar-refractivity contribution in [2.45, 2.75) is 97.1 Å². The van der Waals surface area contributed by atoms with Crippen molar-refractivity contribution in [3.63, 3.8) is 0 Å². The fraction of sp³-hybridized carbons (Fsp3) is 0.528. The second-order valence-corrected chi connectivity index (χ2v) is 16.4. The molecule has 1 aliphatic carbocycles. The first-order valence-electron chi connectivity index (χ1n) is 17.0. The lowest BCUT2D eigenvalue weighted by molar-refractivity contribution is -0.127. The summed E-state index contributed by atoms with van der Waals surface area (Å²) in [5, 5.41) is 9.59. The standard InChI is InChI=1S/C36H48BrClN8O4/c1-35(2,3)42-33(48)46-15-14-45(31-28-11-10-26(38)17-23(28)8-9-24-16-25(37)18-40-30(24)31)20-29(46)32(47)39-12-7-13-44-19-27(41-22-44)21-50-34(49)43-36(4,5)6/h10-11,16-19,22,29,31H,7-9,12-15,20-21H2,1-6H3,(H,39,47)(H,42,48)(H,43,49)/t29-,31?/m1/s1. The summed E-state index contributed by atoms with van der Waals surface area (Å²) in [4.78, 5) is 52.7. The van der Waals surface area contributed by atoms with E-state index < -0.39 is 17.7 Å². The molecule has 12 nitrogen and oxygen atoms in total. The van der Waals surface area contributed by atoms with Gasteiger partial charge in [-0.3, -0.25) is 14.7 Å². The zero-order valence-corrected chi connectivity index (χ0v) is 32.0. The summed E-state index contributed by atoms with van der Waals surface area (Å²) in [6.45, 7) is 13.8. The van der Waals surface area contributed by atoms with Crippen molar-refractivity contribution < 1.29 is 19.1 Å². The molecule has 14 heteroatoms. The fourth-order valence-corrected chi connectivity index (χ4v) is 6.93. The lowest BCUT2D eigenvalue weighted by atomic mass is 9.95. The Bertz CT molecular complexity index is 1650. The van der Waals surface area contributed by atoms with E-state index in [-0.39, 0.29) is 30.1 Å². The molecule has 3 N–H and O–H groups in total. The zero-order chi connectivity index (χ0) is 36.2. The summed E-state index contributed by atoms with van der Waals surface area (Å²) < 4.78 is 8.09. The molecule has 1 unspecified atom stereocenters. The van der Waals surface area contributed by atoms with Crippen LogP contribution in [0.3, 0.4) is 0 Å². The number of aryl methyl sites for hydroxylation is 3. The van der Waals surface area contributed by atoms with Gasteiger partial charge in [0.2, 0.25) is 5.91 Å². The van der Waals surface area contributed by atoms with Crippen LogP contribution in [0, 0.1) is 0 Å². The number of carbonyl (C=O) groups is 3. The van der Waals surface area contributed by atoms with Crippen molar-refractivity contribution in [3.05, 3.63) is 80.6 Å². The van der Waals surface area contributed by atoms with Crippen LogP contribution >= 0.6 is 27.5 Å². The number of piperazine rings is 1. The molecule has 2 aliphatic rings. The Hall–Kier alpha value is -3.68. The number of benzene rings is 1. The van der Waals surface area contributed by atoms with E-state index in [1.54, 1.807) is 11.2 Å². The lowest BCUT2D eigenvalue weighted by Gasteiger charge is -2.44. The molecule has 0 saturated carbocycles. The van der Waals surface area contributed by atoms with Crippen molar-refractivity contribution >= 4 is 45.6 Å². The molecule has 2 aromatic heterocycles. The average molecular weight is 772 g/mol. The van der Waals surface area contributed by atoms with E-state index in [9.17, 15) is 14.4 Å². The number of nitrogens with one attached hydrogen (secondary N) is 3. The highest BCUT2D eigenvalue weighted by atomic mass is 79.9. The van der Waals surface area contributed by atoms with Crippen molar-refractivity contribution in [2.75, 3.05) is 26.2 Å². The predicted octanol–water partition coefficient (Wildman–Crippen LogP) is 5.61. The van der Waals surface area contributed by atoms with E-state index in [0.717, 1.165) is 39.7 Å². The third-order valence-corrected chi connectivity index (χ3v) is 9.19. The van der Waals surface area contributed by atoms with Crippen molar-refractivity contribution in [1.82, 2.24) is 40.3 Å². The first-order valence-corrected chi connectivity index (χ1v) is 18.2. The Kier molecular flexibility index (Phi) is 11.8. The van der Waals surface area contributed by atoms with Crippen LogP contribution in [0.5, 0.6) is 0 Å². The van der Waals surface area contributed by atoms with Gasteiger partial charge >= 0.3 is 12.1 Å². The van der Waals surface area contributed by atoms with Crippen LogP contribution in [0.4, 0.5) is 9.59 Å². The normalized spacial score (nSPS) is 18.0.